The van der Waals surface area contributed by atoms with E-state index in [2.05, 4.69) is 10.2 Å². The van der Waals surface area contributed by atoms with Crippen LogP contribution < -0.4 is 10.5 Å². The largest absolute Gasteiger partial charge is 0.314 e. The van der Waals surface area contributed by atoms with Gasteiger partial charge in [-0.2, -0.15) is 0 Å². The van der Waals surface area contributed by atoms with E-state index in [1.54, 1.807) is 0 Å². The van der Waals surface area contributed by atoms with E-state index in [0.717, 1.165) is 26.2 Å². The van der Waals surface area contributed by atoms with Gasteiger partial charge in [0, 0.05) is 31.7 Å². The van der Waals surface area contributed by atoms with Gasteiger partial charge >= 0.3 is 0 Å². The molecule has 0 aromatic carbocycles. The topological polar surface area (TPSA) is 75.4 Å². The van der Waals surface area contributed by atoms with Crippen molar-refractivity contribution >= 4 is 10.0 Å². The molecule has 5 nitrogen and oxygen atoms in total. The Morgan fingerprint density at radius 2 is 1.86 bits per heavy atom. The third kappa shape index (κ3) is 3.53. The monoisotopic (exact) mass is 221 g/mol. The van der Waals surface area contributed by atoms with Crippen molar-refractivity contribution in [3.05, 3.63) is 0 Å². The first-order valence-corrected chi connectivity index (χ1v) is 6.49. The fourth-order valence-electron chi connectivity index (χ4n) is 1.85. The summed E-state index contributed by atoms with van der Waals surface area (Å²) in [4.78, 5) is 2.16. The lowest BCUT2D eigenvalue weighted by atomic mass is 10.1. The fraction of sp³-hybridized carbons (Fsp3) is 1.00. The number of nitrogens with two attached hydrogens (primary N) is 1. The van der Waals surface area contributed by atoms with Gasteiger partial charge in [0.05, 0.1) is 5.75 Å². The quantitative estimate of drug-likeness (QED) is 0.638. The van der Waals surface area contributed by atoms with Gasteiger partial charge in [0.2, 0.25) is 10.0 Å². The van der Waals surface area contributed by atoms with E-state index < -0.39 is 10.0 Å². The molecule has 0 unspecified atom stereocenters. The molecule has 1 rings (SSSR count). The van der Waals surface area contributed by atoms with Gasteiger partial charge in [-0.25, -0.2) is 13.6 Å². The number of hydrogen-bond donors (Lipinski definition) is 2. The molecule has 0 saturated carbocycles. The number of nitrogens with one attached hydrogen (secondary N) is 1. The number of piperazine rings is 1. The van der Waals surface area contributed by atoms with Crippen LogP contribution in [0.2, 0.25) is 0 Å². The van der Waals surface area contributed by atoms with Crippen molar-refractivity contribution in [2.45, 2.75) is 19.4 Å². The zero-order chi connectivity index (χ0) is 10.8. The molecule has 0 amide bonds. The molecule has 0 spiro atoms. The number of sulfonamides is 1. The number of primary sulfonamides is 1. The highest BCUT2D eigenvalue weighted by molar-refractivity contribution is 7.89. The van der Waals surface area contributed by atoms with E-state index in [1.165, 1.54) is 0 Å². The molecule has 1 heterocycles. The molecule has 3 N–H and O–H groups in total. The summed E-state index contributed by atoms with van der Waals surface area (Å²) in [6.07, 6.45) is 0. The summed E-state index contributed by atoms with van der Waals surface area (Å²) in [5, 5.41) is 8.29. The second-order valence-corrected chi connectivity index (χ2v) is 5.97. The lowest BCUT2D eigenvalue weighted by molar-refractivity contribution is 0.121. The summed E-state index contributed by atoms with van der Waals surface area (Å²) in [5.74, 6) is 0.0139. The number of nitrogens with zero attached hydrogens (tertiary/aromatic N) is 1. The maximum absolute atomic E-state index is 11.0. The van der Waals surface area contributed by atoms with Crippen LogP contribution in [-0.2, 0) is 10.0 Å². The Labute approximate surface area is 85.7 Å². The third-order valence-corrected chi connectivity index (χ3v) is 3.64. The Kier molecular flexibility index (Phi) is 3.52. The standard InChI is InChI=1S/C8H19N3O2S/c1-8(2,7-14(9,12)13)11-5-3-10-4-6-11/h10H,3-7H2,1-2H3,(H2,9,12,13). The first-order chi connectivity index (χ1) is 6.31. The van der Waals surface area contributed by atoms with Crippen LogP contribution in [-0.4, -0.2) is 50.8 Å². The lowest BCUT2D eigenvalue weighted by Crippen LogP contribution is -2.56. The third-order valence-electron chi connectivity index (χ3n) is 2.53. The number of hydrogen-bond acceptors (Lipinski definition) is 4. The molecule has 1 fully saturated rings. The van der Waals surface area contributed by atoms with Crippen LogP contribution in [0.5, 0.6) is 0 Å². The summed E-state index contributed by atoms with van der Waals surface area (Å²) in [6, 6.07) is 0. The molecule has 14 heavy (non-hydrogen) atoms. The van der Waals surface area contributed by atoms with Crippen LogP contribution in [0.3, 0.4) is 0 Å². The zero-order valence-corrected chi connectivity index (χ0v) is 9.60. The Morgan fingerprint density at radius 3 is 2.29 bits per heavy atom. The van der Waals surface area contributed by atoms with Crippen molar-refractivity contribution in [2.75, 3.05) is 31.9 Å². The van der Waals surface area contributed by atoms with Gasteiger partial charge in [-0.1, -0.05) is 0 Å². The summed E-state index contributed by atoms with van der Waals surface area (Å²) in [5.41, 5.74) is -0.365. The molecule has 0 atom stereocenters. The van der Waals surface area contributed by atoms with E-state index in [1.807, 2.05) is 13.8 Å². The molecule has 1 aliphatic heterocycles. The molecule has 0 radical (unpaired) electrons. The first kappa shape index (κ1) is 11.9. The minimum absolute atomic E-state index is 0.0139. The molecule has 1 aliphatic rings. The molecule has 84 valence electrons. The van der Waals surface area contributed by atoms with E-state index in [0.29, 0.717) is 0 Å². The SMILES string of the molecule is CC(C)(CS(N)(=O)=O)N1CCNCC1. The number of rotatable bonds is 3. The maximum Gasteiger partial charge on any atom is 0.210 e. The van der Waals surface area contributed by atoms with Gasteiger partial charge in [0.15, 0.2) is 0 Å². The summed E-state index contributed by atoms with van der Waals surface area (Å²) >= 11 is 0. The van der Waals surface area contributed by atoms with E-state index >= 15 is 0 Å². The Bertz CT molecular complexity index is 281. The molecular weight excluding hydrogens is 202 g/mol. The van der Waals surface area contributed by atoms with Gasteiger partial charge in [0.1, 0.15) is 0 Å². The van der Waals surface area contributed by atoms with E-state index in [4.69, 9.17) is 5.14 Å². The van der Waals surface area contributed by atoms with Crippen LogP contribution in [0.25, 0.3) is 0 Å². The predicted molar refractivity (Wildman–Crippen MR) is 56.5 cm³/mol. The van der Waals surface area contributed by atoms with Crippen LogP contribution in [0, 0.1) is 0 Å². The van der Waals surface area contributed by atoms with Gasteiger partial charge in [-0.3, -0.25) is 4.90 Å². The second-order valence-electron chi connectivity index (χ2n) is 4.36. The van der Waals surface area contributed by atoms with Crippen LogP contribution in [0.15, 0.2) is 0 Å². The van der Waals surface area contributed by atoms with Crippen LogP contribution in [0.1, 0.15) is 13.8 Å². The Hall–Kier alpha value is -0.170. The minimum Gasteiger partial charge on any atom is -0.314 e. The second kappa shape index (κ2) is 4.14. The Balaban J connectivity index is 2.63. The smallest absolute Gasteiger partial charge is 0.210 e. The van der Waals surface area contributed by atoms with E-state index in [-0.39, 0.29) is 11.3 Å². The van der Waals surface area contributed by atoms with Crippen molar-refractivity contribution in [1.29, 1.82) is 0 Å². The zero-order valence-electron chi connectivity index (χ0n) is 8.78. The predicted octanol–water partition coefficient (Wildman–Crippen LogP) is -1.04. The molecule has 6 heteroatoms. The molecule has 0 bridgehead atoms. The first-order valence-electron chi connectivity index (χ1n) is 4.77. The fourth-order valence-corrected chi connectivity index (χ4v) is 3.02. The highest BCUT2D eigenvalue weighted by atomic mass is 32.2. The van der Waals surface area contributed by atoms with Gasteiger partial charge in [-0.05, 0) is 13.8 Å². The minimum atomic E-state index is -3.39. The van der Waals surface area contributed by atoms with Crippen LogP contribution in [0.4, 0.5) is 0 Å². The van der Waals surface area contributed by atoms with Crippen molar-refractivity contribution < 1.29 is 8.42 Å². The molecule has 0 aromatic heterocycles. The molecule has 0 aliphatic carbocycles. The highest BCUT2D eigenvalue weighted by Crippen LogP contribution is 2.16. The summed E-state index contributed by atoms with van der Waals surface area (Å²) in [6.45, 7) is 7.42. The van der Waals surface area contributed by atoms with Crippen LogP contribution >= 0.6 is 0 Å². The van der Waals surface area contributed by atoms with Crippen molar-refractivity contribution in [1.82, 2.24) is 10.2 Å². The molecule has 0 aromatic rings. The lowest BCUT2D eigenvalue weighted by Gasteiger charge is -2.40. The Morgan fingerprint density at radius 1 is 1.36 bits per heavy atom. The summed E-state index contributed by atoms with van der Waals surface area (Å²) in [7, 11) is -3.39. The molecular formula is C8H19N3O2S. The van der Waals surface area contributed by atoms with Crippen molar-refractivity contribution in [3.8, 4) is 0 Å². The van der Waals surface area contributed by atoms with Gasteiger partial charge in [0.25, 0.3) is 0 Å². The van der Waals surface area contributed by atoms with E-state index in [9.17, 15) is 8.42 Å². The average Bonchev–Trinajstić information content (AvgIpc) is 2.01. The van der Waals surface area contributed by atoms with Gasteiger partial charge in [-0.15, -0.1) is 0 Å². The normalized spacial score (nSPS) is 21.1. The maximum atomic E-state index is 11.0. The van der Waals surface area contributed by atoms with Crippen molar-refractivity contribution in [2.24, 2.45) is 5.14 Å². The highest BCUT2D eigenvalue weighted by Gasteiger charge is 2.31. The molecule has 1 saturated heterocycles. The van der Waals surface area contributed by atoms with Gasteiger partial charge < -0.3 is 5.32 Å². The average molecular weight is 221 g/mol. The van der Waals surface area contributed by atoms with Crippen molar-refractivity contribution in [3.63, 3.8) is 0 Å². The summed E-state index contributed by atoms with van der Waals surface area (Å²) < 4.78 is 22.1.